The van der Waals surface area contributed by atoms with E-state index in [4.69, 9.17) is 11.6 Å². The molecule has 3 rings (SSSR count). The summed E-state index contributed by atoms with van der Waals surface area (Å²) in [6.07, 6.45) is 1.78. The molecule has 0 radical (unpaired) electrons. The summed E-state index contributed by atoms with van der Waals surface area (Å²) in [5.74, 6) is 0. The number of aliphatic imine (C=N–C) groups is 1. The lowest BCUT2D eigenvalue weighted by molar-refractivity contribution is -0.107. The zero-order valence-electron chi connectivity index (χ0n) is 10.4. The lowest BCUT2D eigenvalue weighted by Crippen LogP contribution is -1.91. The summed E-state index contributed by atoms with van der Waals surface area (Å²) < 4.78 is 0. The summed E-state index contributed by atoms with van der Waals surface area (Å²) >= 11 is 7.01. The van der Waals surface area contributed by atoms with Gasteiger partial charge in [-0.25, -0.2) is 4.99 Å². The molecule has 0 aromatic heterocycles. The molecule has 2 aromatic carbocycles. The molecule has 98 valence electrons. The Balaban J connectivity index is 1.92. The molecule has 0 bridgehead atoms. The Morgan fingerprint density at radius 3 is 2.40 bits per heavy atom. The fraction of sp³-hybridized carbons (Fsp3) is 0. The van der Waals surface area contributed by atoms with Crippen LogP contribution in [-0.4, -0.2) is 10.2 Å². The van der Waals surface area contributed by atoms with Crippen LogP contribution in [0.25, 0.3) is 6.08 Å². The average molecular weight is 300 g/mol. The quantitative estimate of drug-likeness (QED) is 0.769. The van der Waals surface area contributed by atoms with Gasteiger partial charge in [0.15, 0.2) is 0 Å². The molecule has 0 saturated carbocycles. The van der Waals surface area contributed by atoms with Crippen molar-refractivity contribution in [2.75, 3.05) is 0 Å². The third kappa shape index (κ3) is 2.84. The van der Waals surface area contributed by atoms with Gasteiger partial charge in [-0.1, -0.05) is 54.1 Å². The van der Waals surface area contributed by atoms with Crippen molar-refractivity contribution in [1.29, 1.82) is 0 Å². The monoisotopic (exact) mass is 299 g/mol. The number of rotatable bonds is 2. The van der Waals surface area contributed by atoms with Crippen LogP contribution in [0.5, 0.6) is 0 Å². The van der Waals surface area contributed by atoms with Crippen LogP contribution in [0, 0.1) is 0 Å². The summed E-state index contributed by atoms with van der Waals surface area (Å²) in [7, 11) is 0. The highest BCUT2D eigenvalue weighted by Crippen LogP contribution is 2.28. The molecule has 1 aliphatic heterocycles. The smallest absolute Gasteiger partial charge is 0.244 e. The van der Waals surface area contributed by atoms with Gasteiger partial charge in [0.25, 0.3) is 0 Å². The average Bonchev–Trinajstić information content (AvgIpc) is 2.84. The van der Waals surface area contributed by atoms with Crippen LogP contribution in [0.15, 0.2) is 65.3 Å². The van der Waals surface area contributed by atoms with Crippen LogP contribution in [0.2, 0.25) is 5.02 Å². The molecule has 0 fully saturated rings. The molecule has 0 spiro atoms. The Morgan fingerprint density at radius 1 is 1.00 bits per heavy atom. The molecule has 0 aliphatic carbocycles. The number of halogens is 1. The third-order valence-corrected chi connectivity index (χ3v) is 3.98. The minimum Gasteiger partial charge on any atom is -0.279 e. The second-order valence-corrected chi connectivity index (χ2v) is 5.65. The number of carbonyl (C=O) groups is 1. The first-order valence-corrected chi connectivity index (χ1v) is 7.25. The molecule has 0 atom stereocenters. The van der Waals surface area contributed by atoms with Gasteiger partial charge in [-0.15, -0.1) is 0 Å². The van der Waals surface area contributed by atoms with Gasteiger partial charge in [0.05, 0.1) is 0 Å². The van der Waals surface area contributed by atoms with E-state index in [1.54, 1.807) is 18.2 Å². The molecule has 0 unspecified atom stereocenters. The summed E-state index contributed by atoms with van der Waals surface area (Å²) in [6, 6.07) is 17.0. The standard InChI is InChI=1S/C16H10ClNOS/c17-13-8-6-11(7-9-13)10-14-16(19)20-15(18-14)12-4-2-1-3-5-12/h1-10H/b14-10-. The van der Waals surface area contributed by atoms with Gasteiger partial charge in [-0.3, -0.25) is 4.79 Å². The van der Waals surface area contributed by atoms with Crippen LogP contribution in [0.1, 0.15) is 11.1 Å². The molecular formula is C16H10ClNOS. The lowest BCUT2D eigenvalue weighted by Gasteiger charge is -1.95. The van der Waals surface area contributed by atoms with E-state index in [9.17, 15) is 4.79 Å². The number of carbonyl (C=O) groups excluding carboxylic acids is 1. The van der Waals surface area contributed by atoms with Crippen LogP contribution < -0.4 is 0 Å². The second kappa shape index (κ2) is 5.65. The van der Waals surface area contributed by atoms with Crippen molar-refractivity contribution in [1.82, 2.24) is 0 Å². The summed E-state index contributed by atoms with van der Waals surface area (Å²) in [6.45, 7) is 0. The Hall–Kier alpha value is -1.84. The van der Waals surface area contributed by atoms with Crippen LogP contribution in [0.4, 0.5) is 0 Å². The molecule has 2 nitrogen and oxygen atoms in total. The zero-order valence-corrected chi connectivity index (χ0v) is 12.0. The predicted molar refractivity (Wildman–Crippen MR) is 85.0 cm³/mol. The van der Waals surface area contributed by atoms with Crippen molar-refractivity contribution in [3.05, 3.63) is 76.4 Å². The molecule has 1 heterocycles. The van der Waals surface area contributed by atoms with Crippen molar-refractivity contribution in [3.8, 4) is 0 Å². The molecule has 0 N–H and O–H groups in total. The Labute approximate surface area is 126 Å². The van der Waals surface area contributed by atoms with Gasteiger partial charge in [0, 0.05) is 10.6 Å². The summed E-state index contributed by atoms with van der Waals surface area (Å²) in [5, 5.41) is 1.39. The van der Waals surface area contributed by atoms with Crippen LogP contribution in [0.3, 0.4) is 0 Å². The summed E-state index contributed by atoms with van der Waals surface area (Å²) in [5.41, 5.74) is 2.35. The highest BCUT2D eigenvalue weighted by atomic mass is 35.5. The van der Waals surface area contributed by atoms with Crippen LogP contribution in [-0.2, 0) is 4.79 Å². The summed E-state index contributed by atoms with van der Waals surface area (Å²) in [4.78, 5) is 16.4. The molecular weight excluding hydrogens is 290 g/mol. The van der Waals surface area contributed by atoms with Gasteiger partial charge in [-0.2, -0.15) is 0 Å². The van der Waals surface area contributed by atoms with E-state index in [0.29, 0.717) is 10.7 Å². The fourth-order valence-electron chi connectivity index (χ4n) is 1.83. The Bertz CT molecular complexity index is 705. The number of hydrogen-bond donors (Lipinski definition) is 0. The first kappa shape index (κ1) is 13.2. The molecule has 0 saturated heterocycles. The van der Waals surface area contributed by atoms with E-state index in [1.807, 2.05) is 42.5 Å². The number of benzene rings is 2. The van der Waals surface area contributed by atoms with E-state index >= 15 is 0 Å². The Morgan fingerprint density at radius 2 is 1.70 bits per heavy atom. The van der Waals surface area contributed by atoms with E-state index in [0.717, 1.165) is 16.2 Å². The molecule has 2 aromatic rings. The highest BCUT2D eigenvalue weighted by molar-refractivity contribution is 8.27. The minimum atomic E-state index is -0.0289. The number of hydrogen-bond acceptors (Lipinski definition) is 3. The largest absolute Gasteiger partial charge is 0.279 e. The van der Waals surface area contributed by atoms with Crippen molar-refractivity contribution in [2.24, 2.45) is 4.99 Å². The van der Waals surface area contributed by atoms with E-state index in [-0.39, 0.29) is 5.12 Å². The van der Waals surface area contributed by atoms with Gasteiger partial charge >= 0.3 is 0 Å². The van der Waals surface area contributed by atoms with Gasteiger partial charge in [-0.05, 0) is 35.5 Å². The van der Waals surface area contributed by atoms with E-state index in [1.165, 1.54) is 11.8 Å². The van der Waals surface area contributed by atoms with E-state index < -0.39 is 0 Å². The van der Waals surface area contributed by atoms with E-state index in [2.05, 4.69) is 4.99 Å². The topological polar surface area (TPSA) is 29.4 Å². The maximum atomic E-state index is 12.0. The van der Waals surface area contributed by atoms with Gasteiger partial charge < -0.3 is 0 Å². The molecule has 1 aliphatic rings. The van der Waals surface area contributed by atoms with Crippen molar-refractivity contribution >= 4 is 39.6 Å². The normalized spacial score (nSPS) is 16.6. The number of nitrogens with zero attached hydrogens (tertiary/aromatic N) is 1. The van der Waals surface area contributed by atoms with Crippen molar-refractivity contribution in [3.63, 3.8) is 0 Å². The molecule has 0 amide bonds. The molecule has 4 heteroatoms. The Kier molecular flexibility index (Phi) is 3.72. The SMILES string of the molecule is O=C1SC(c2ccccc2)=N/C1=C\c1ccc(Cl)cc1. The minimum absolute atomic E-state index is 0.0289. The zero-order chi connectivity index (χ0) is 13.9. The first-order valence-electron chi connectivity index (χ1n) is 6.06. The first-order chi connectivity index (χ1) is 9.72. The predicted octanol–water partition coefficient (Wildman–Crippen LogP) is 4.40. The fourth-order valence-corrected chi connectivity index (χ4v) is 2.74. The van der Waals surface area contributed by atoms with Crippen molar-refractivity contribution in [2.45, 2.75) is 0 Å². The third-order valence-electron chi connectivity index (χ3n) is 2.81. The lowest BCUT2D eigenvalue weighted by atomic mass is 10.2. The maximum absolute atomic E-state index is 12.0. The molecule has 20 heavy (non-hydrogen) atoms. The van der Waals surface area contributed by atoms with Gasteiger partial charge in [0.1, 0.15) is 10.7 Å². The highest BCUT2D eigenvalue weighted by Gasteiger charge is 2.22. The van der Waals surface area contributed by atoms with Crippen LogP contribution >= 0.6 is 23.4 Å². The maximum Gasteiger partial charge on any atom is 0.244 e. The second-order valence-electron chi connectivity index (χ2n) is 4.25. The van der Waals surface area contributed by atoms with Gasteiger partial charge in [0.2, 0.25) is 5.12 Å². The number of thioether (sulfide) groups is 1. The van der Waals surface area contributed by atoms with Crippen molar-refractivity contribution < 1.29 is 4.79 Å².